The van der Waals surface area contributed by atoms with Crippen molar-refractivity contribution in [3.63, 3.8) is 0 Å². The number of ether oxygens (including phenoxy) is 1. The van der Waals surface area contributed by atoms with Crippen molar-refractivity contribution < 1.29 is 17.9 Å². The minimum absolute atomic E-state index is 0.0802. The van der Waals surface area contributed by atoms with Crippen molar-refractivity contribution >= 4 is 0 Å². The Morgan fingerprint density at radius 3 is 2.33 bits per heavy atom. The Morgan fingerprint density at radius 2 is 1.60 bits per heavy atom. The summed E-state index contributed by atoms with van der Waals surface area (Å²) in [5.41, 5.74) is 0.973. The molecule has 0 aromatic heterocycles. The summed E-state index contributed by atoms with van der Waals surface area (Å²) in [7, 11) is 1.27. The molecule has 0 radical (unpaired) electrons. The van der Waals surface area contributed by atoms with Crippen LogP contribution in [0.5, 0.6) is 5.75 Å². The van der Waals surface area contributed by atoms with E-state index in [9.17, 15) is 13.2 Å². The smallest absolute Gasteiger partial charge is 0.201 e. The molecule has 4 atom stereocenters. The Hall–Kier alpha value is -2.23. The first kappa shape index (κ1) is 21.0. The van der Waals surface area contributed by atoms with Crippen LogP contribution in [0.25, 0.3) is 11.1 Å². The van der Waals surface area contributed by atoms with E-state index in [2.05, 4.69) is 19.1 Å². The molecule has 2 aliphatic rings. The van der Waals surface area contributed by atoms with Gasteiger partial charge >= 0.3 is 0 Å². The lowest BCUT2D eigenvalue weighted by Crippen LogP contribution is -2.30. The fourth-order valence-electron chi connectivity index (χ4n) is 5.58. The highest BCUT2D eigenvalue weighted by Crippen LogP contribution is 2.48. The normalized spacial score (nSPS) is 26.6. The second-order valence-electron chi connectivity index (χ2n) is 8.81. The van der Waals surface area contributed by atoms with Gasteiger partial charge in [0.1, 0.15) is 5.82 Å². The predicted octanol–water partition coefficient (Wildman–Crippen LogP) is 7.66. The highest BCUT2D eigenvalue weighted by molar-refractivity contribution is 5.66. The molecule has 0 heterocycles. The SMILES string of the molecule is C/C=C/C1CCC2CC(c3ccc(-c4ccc(OC)c(F)c4F)c(F)c3)CCC2C1. The zero-order valence-corrected chi connectivity index (χ0v) is 17.6. The van der Waals surface area contributed by atoms with Crippen molar-refractivity contribution in [1.29, 1.82) is 0 Å². The second-order valence-corrected chi connectivity index (χ2v) is 8.81. The van der Waals surface area contributed by atoms with Crippen molar-refractivity contribution in [3.05, 3.63) is 65.5 Å². The van der Waals surface area contributed by atoms with E-state index < -0.39 is 17.5 Å². The Labute approximate surface area is 177 Å². The van der Waals surface area contributed by atoms with Crippen molar-refractivity contribution in [3.8, 4) is 16.9 Å². The number of halogens is 3. The topological polar surface area (TPSA) is 9.23 Å². The number of hydrogen-bond acceptors (Lipinski definition) is 1. The molecule has 1 nitrogen and oxygen atoms in total. The van der Waals surface area contributed by atoms with Crippen LogP contribution in [0, 0.1) is 35.2 Å². The molecule has 2 saturated carbocycles. The lowest BCUT2D eigenvalue weighted by molar-refractivity contribution is 0.133. The van der Waals surface area contributed by atoms with Gasteiger partial charge in [0, 0.05) is 11.1 Å². The first-order valence-electron chi connectivity index (χ1n) is 11.0. The molecule has 4 rings (SSSR count). The van der Waals surface area contributed by atoms with E-state index in [1.165, 1.54) is 51.0 Å². The molecule has 0 bridgehead atoms. The summed E-state index contributed by atoms with van der Waals surface area (Å²) in [6, 6.07) is 7.68. The van der Waals surface area contributed by atoms with Gasteiger partial charge in [-0.2, -0.15) is 4.39 Å². The number of rotatable bonds is 4. The molecule has 30 heavy (non-hydrogen) atoms. The van der Waals surface area contributed by atoms with Crippen LogP contribution >= 0.6 is 0 Å². The zero-order chi connectivity index (χ0) is 21.3. The third-order valence-corrected chi connectivity index (χ3v) is 7.14. The van der Waals surface area contributed by atoms with Crippen LogP contribution in [0.2, 0.25) is 0 Å². The average Bonchev–Trinajstić information content (AvgIpc) is 2.76. The number of fused-ring (bicyclic) bond motifs is 1. The quantitative estimate of drug-likeness (QED) is 0.467. The molecule has 2 aliphatic carbocycles. The molecule has 160 valence electrons. The van der Waals surface area contributed by atoms with Gasteiger partial charge in [-0.15, -0.1) is 0 Å². The van der Waals surface area contributed by atoms with E-state index in [1.54, 1.807) is 6.07 Å². The van der Waals surface area contributed by atoms with Crippen molar-refractivity contribution in [2.75, 3.05) is 7.11 Å². The van der Waals surface area contributed by atoms with E-state index in [-0.39, 0.29) is 16.9 Å². The first-order valence-corrected chi connectivity index (χ1v) is 11.0. The maximum atomic E-state index is 14.9. The summed E-state index contributed by atoms with van der Waals surface area (Å²) < 4.78 is 48.2. The molecule has 2 aromatic carbocycles. The molecule has 0 aliphatic heterocycles. The third kappa shape index (κ3) is 4.01. The predicted molar refractivity (Wildman–Crippen MR) is 114 cm³/mol. The van der Waals surface area contributed by atoms with Crippen LogP contribution in [-0.2, 0) is 0 Å². The summed E-state index contributed by atoms with van der Waals surface area (Å²) in [5, 5.41) is 0. The highest BCUT2D eigenvalue weighted by atomic mass is 19.2. The fraction of sp³-hybridized carbons (Fsp3) is 0.462. The molecule has 0 spiro atoms. The van der Waals surface area contributed by atoms with Gasteiger partial charge in [-0.25, -0.2) is 8.78 Å². The van der Waals surface area contributed by atoms with Crippen LogP contribution in [0.15, 0.2) is 42.5 Å². The highest BCUT2D eigenvalue weighted by Gasteiger charge is 2.35. The second kappa shape index (κ2) is 8.87. The number of benzene rings is 2. The van der Waals surface area contributed by atoms with Gasteiger partial charge in [0.15, 0.2) is 11.6 Å². The lowest BCUT2D eigenvalue weighted by atomic mass is 9.64. The minimum atomic E-state index is -1.09. The maximum absolute atomic E-state index is 14.9. The number of allylic oxidation sites excluding steroid dienone is 2. The Kier molecular flexibility index (Phi) is 6.21. The number of methoxy groups -OCH3 is 1. The van der Waals surface area contributed by atoms with Crippen molar-refractivity contribution in [2.24, 2.45) is 17.8 Å². The summed E-state index contributed by atoms with van der Waals surface area (Å²) >= 11 is 0. The van der Waals surface area contributed by atoms with Gasteiger partial charge in [0.25, 0.3) is 0 Å². The fourth-order valence-corrected chi connectivity index (χ4v) is 5.58. The van der Waals surface area contributed by atoms with E-state index in [0.29, 0.717) is 17.8 Å². The van der Waals surface area contributed by atoms with Crippen LogP contribution in [0.1, 0.15) is 56.9 Å². The van der Waals surface area contributed by atoms with E-state index >= 15 is 0 Å². The maximum Gasteiger partial charge on any atom is 0.201 e. The molecule has 4 unspecified atom stereocenters. The van der Waals surface area contributed by atoms with Gasteiger partial charge in [0.2, 0.25) is 5.82 Å². The molecular weight excluding hydrogens is 385 g/mol. The van der Waals surface area contributed by atoms with Gasteiger partial charge in [-0.3, -0.25) is 0 Å². The molecule has 0 N–H and O–H groups in total. The molecular formula is C26H29F3O. The van der Waals surface area contributed by atoms with Gasteiger partial charge < -0.3 is 4.74 Å². The van der Waals surface area contributed by atoms with Crippen LogP contribution in [0.4, 0.5) is 13.2 Å². The summed E-state index contributed by atoms with van der Waals surface area (Å²) in [6.45, 7) is 2.09. The van der Waals surface area contributed by atoms with E-state index in [0.717, 1.165) is 24.3 Å². The molecule has 0 amide bonds. The average molecular weight is 415 g/mol. The summed E-state index contributed by atoms with van der Waals surface area (Å²) in [6.07, 6.45) is 11.6. The van der Waals surface area contributed by atoms with Crippen LogP contribution in [-0.4, -0.2) is 7.11 Å². The first-order chi connectivity index (χ1) is 14.5. The monoisotopic (exact) mass is 414 g/mol. The molecule has 0 saturated heterocycles. The van der Waals surface area contributed by atoms with Crippen LogP contribution < -0.4 is 4.74 Å². The minimum Gasteiger partial charge on any atom is -0.494 e. The molecule has 2 fully saturated rings. The van der Waals surface area contributed by atoms with E-state index in [4.69, 9.17) is 4.74 Å². The van der Waals surface area contributed by atoms with Gasteiger partial charge in [0.05, 0.1) is 7.11 Å². The Morgan fingerprint density at radius 1 is 0.867 bits per heavy atom. The third-order valence-electron chi connectivity index (χ3n) is 7.14. The van der Waals surface area contributed by atoms with E-state index in [1.807, 2.05) is 6.07 Å². The summed E-state index contributed by atoms with van der Waals surface area (Å²) in [5.74, 6) is -0.332. The Balaban J connectivity index is 1.52. The zero-order valence-electron chi connectivity index (χ0n) is 17.6. The van der Waals surface area contributed by atoms with Gasteiger partial charge in [-0.1, -0.05) is 24.3 Å². The van der Waals surface area contributed by atoms with Crippen molar-refractivity contribution in [1.82, 2.24) is 0 Å². The standard InChI is InChI=1S/C26H29F3O/c1-3-4-16-5-6-18-14-19(8-7-17(18)13-16)20-9-10-21(23(27)15-20)22-11-12-24(30-2)26(29)25(22)28/h3-4,9-12,15-19H,5-8,13-14H2,1-2H3/b4-3+. The van der Waals surface area contributed by atoms with Crippen LogP contribution in [0.3, 0.4) is 0 Å². The summed E-state index contributed by atoms with van der Waals surface area (Å²) in [4.78, 5) is 0. The van der Waals surface area contributed by atoms with Gasteiger partial charge in [-0.05, 0) is 92.9 Å². The molecule has 2 aromatic rings. The number of hydrogen-bond donors (Lipinski definition) is 0. The van der Waals surface area contributed by atoms with Crippen molar-refractivity contribution in [2.45, 2.75) is 51.4 Å². The largest absolute Gasteiger partial charge is 0.494 e. The Bertz CT molecular complexity index is 936. The molecule has 4 heteroatoms. The lowest BCUT2D eigenvalue weighted by Gasteiger charge is -2.41.